The highest BCUT2D eigenvalue weighted by Gasteiger charge is 2.07. The van der Waals surface area contributed by atoms with E-state index in [9.17, 15) is 0 Å². The van der Waals surface area contributed by atoms with Gasteiger partial charge in [0.15, 0.2) is 0 Å². The second-order valence-corrected chi connectivity index (χ2v) is 5.11. The number of hydrogen-bond donors (Lipinski definition) is 1. The molecule has 1 aromatic heterocycles. The monoisotopic (exact) mass is 249 g/mol. The van der Waals surface area contributed by atoms with E-state index >= 15 is 0 Å². The molecular formula is C15H27N3. The van der Waals surface area contributed by atoms with E-state index in [2.05, 4.69) is 50.4 Å². The van der Waals surface area contributed by atoms with Crippen LogP contribution >= 0.6 is 0 Å². The average Bonchev–Trinajstić information content (AvgIpc) is 2.68. The van der Waals surface area contributed by atoms with Gasteiger partial charge < -0.3 is 5.32 Å². The molecule has 0 aliphatic heterocycles. The lowest BCUT2D eigenvalue weighted by Crippen LogP contribution is -2.19. The standard InChI is InChI=1S/C15H27N3/c1-6-8-16-10-13(12(3)4)9-14-11-18(5)17-15(14)7-2/h9,11-12,16H,6-8,10H2,1-5H3. The third kappa shape index (κ3) is 4.30. The van der Waals surface area contributed by atoms with Gasteiger partial charge in [-0.15, -0.1) is 0 Å². The molecule has 0 bridgehead atoms. The quantitative estimate of drug-likeness (QED) is 0.753. The maximum absolute atomic E-state index is 4.49. The molecule has 3 heteroatoms. The first-order chi connectivity index (χ1) is 8.58. The van der Waals surface area contributed by atoms with Gasteiger partial charge in [0.2, 0.25) is 0 Å². The molecule has 1 rings (SSSR count). The minimum atomic E-state index is 0.569. The van der Waals surface area contributed by atoms with Crippen molar-refractivity contribution in [3.8, 4) is 0 Å². The van der Waals surface area contributed by atoms with Gasteiger partial charge in [-0.2, -0.15) is 5.10 Å². The van der Waals surface area contributed by atoms with Gasteiger partial charge >= 0.3 is 0 Å². The van der Waals surface area contributed by atoms with Crippen LogP contribution in [-0.4, -0.2) is 22.9 Å². The summed E-state index contributed by atoms with van der Waals surface area (Å²) in [6.45, 7) is 10.9. The van der Waals surface area contributed by atoms with Crippen molar-refractivity contribution >= 4 is 6.08 Å². The lowest BCUT2D eigenvalue weighted by molar-refractivity contribution is 0.657. The Morgan fingerprint density at radius 2 is 2.17 bits per heavy atom. The van der Waals surface area contributed by atoms with Crippen molar-refractivity contribution < 1.29 is 0 Å². The highest BCUT2D eigenvalue weighted by Crippen LogP contribution is 2.17. The zero-order valence-electron chi connectivity index (χ0n) is 12.5. The average molecular weight is 249 g/mol. The molecule has 0 aromatic carbocycles. The number of nitrogens with one attached hydrogen (secondary N) is 1. The van der Waals surface area contributed by atoms with Gasteiger partial charge in [0.25, 0.3) is 0 Å². The molecule has 0 aliphatic carbocycles. The van der Waals surface area contributed by atoms with E-state index < -0.39 is 0 Å². The minimum absolute atomic E-state index is 0.569. The summed E-state index contributed by atoms with van der Waals surface area (Å²) in [7, 11) is 1.99. The van der Waals surface area contributed by atoms with Gasteiger partial charge in [0, 0.05) is 25.4 Å². The Bertz CT molecular complexity index is 388. The fourth-order valence-electron chi connectivity index (χ4n) is 1.98. The molecule has 102 valence electrons. The van der Waals surface area contributed by atoms with Gasteiger partial charge in [-0.25, -0.2) is 0 Å². The molecule has 18 heavy (non-hydrogen) atoms. The van der Waals surface area contributed by atoms with Gasteiger partial charge in [0.1, 0.15) is 0 Å². The van der Waals surface area contributed by atoms with Crippen molar-refractivity contribution in [1.82, 2.24) is 15.1 Å². The van der Waals surface area contributed by atoms with Crippen molar-refractivity contribution in [2.75, 3.05) is 13.1 Å². The summed E-state index contributed by atoms with van der Waals surface area (Å²) in [5.74, 6) is 0.569. The molecule has 1 heterocycles. The lowest BCUT2D eigenvalue weighted by atomic mass is 10.00. The number of nitrogens with zero attached hydrogens (tertiary/aromatic N) is 2. The molecule has 0 atom stereocenters. The van der Waals surface area contributed by atoms with E-state index in [0.717, 1.165) is 19.5 Å². The van der Waals surface area contributed by atoms with Crippen LogP contribution in [-0.2, 0) is 13.5 Å². The Kier molecular flexibility index (Phi) is 6.13. The first kappa shape index (κ1) is 15.0. The second kappa shape index (κ2) is 7.37. The molecule has 0 amide bonds. The van der Waals surface area contributed by atoms with Crippen LogP contribution < -0.4 is 5.32 Å². The van der Waals surface area contributed by atoms with E-state index in [0.29, 0.717) is 5.92 Å². The highest BCUT2D eigenvalue weighted by atomic mass is 15.2. The molecule has 1 N–H and O–H groups in total. The normalized spacial score (nSPS) is 12.4. The van der Waals surface area contributed by atoms with Crippen LogP contribution in [0.25, 0.3) is 6.08 Å². The predicted molar refractivity (Wildman–Crippen MR) is 78.6 cm³/mol. The van der Waals surface area contributed by atoms with Crippen molar-refractivity contribution in [2.45, 2.75) is 40.5 Å². The molecule has 0 saturated carbocycles. The number of aryl methyl sites for hydroxylation is 2. The topological polar surface area (TPSA) is 29.9 Å². The summed E-state index contributed by atoms with van der Waals surface area (Å²) >= 11 is 0. The number of aromatic nitrogens is 2. The van der Waals surface area contributed by atoms with Crippen molar-refractivity contribution in [3.63, 3.8) is 0 Å². The molecule has 0 spiro atoms. The van der Waals surface area contributed by atoms with Gasteiger partial charge in [-0.1, -0.05) is 39.3 Å². The fourth-order valence-corrected chi connectivity index (χ4v) is 1.98. The predicted octanol–water partition coefficient (Wildman–Crippen LogP) is 3.02. The smallest absolute Gasteiger partial charge is 0.0694 e. The van der Waals surface area contributed by atoms with Crippen molar-refractivity contribution in [2.24, 2.45) is 13.0 Å². The maximum Gasteiger partial charge on any atom is 0.0694 e. The minimum Gasteiger partial charge on any atom is -0.313 e. The molecule has 0 fully saturated rings. The second-order valence-electron chi connectivity index (χ2n) is 5.11. The first-order valence-electron chi connectivity index (χ1n) is 7.02. The summed E-state index contributed by atoms with van der Waals surface area (Å²) in [6.07, 6.45) is 6.58. The molecule has 3 nitrogen and oxygen atoms in total. The number of hydrogen-bond acceptors (Lipinski definition) is 2. The Morgan fingerprint density at radius 1 is 1.44 bits per heavy atom. The molecule has 0 radical (unpaired) electrons. The molecule has 0 aliphatic rings. The summed E-state index contributed by atoms with van der Waals surface area (Å²) in [6, 6.07) is 0. The van der Waals surface area contributed by atoms with Gasteiger partial charge in [-0.3, -0.25) is 4.68 Å². The van der Waals surface area contributed by atoms with Crippen LogP contribution in [0.1, 0.15) is 45.4 Å². The van der Waals surface area contributed by atoms with Crippen LogP contribution in [0.5, 0.6) is 0 Å². The van der Waals surface area contributed by atoms with E-state index in [1.807, 2.05) is 11.7 Å². The Balaban J connectivity index is 2.85. The fraction of sp³-hybridized carbons (Fsp3) is 0.667. The summed E-state index contributed by atoms with van der Waals surface area (Å²) in [5, 5.41) is 7.98. The van der Waals surface area contributed by atoms with Crippen LogP contribution in [0.4, 0.5) is 0 Å². The van der Waals surface area contributed by atoms with E-state index in [4.69, 9.17) is 0 Å². The van der Waals surface area contributed by atoms with E-state index in [-0.39, 0.29) is 0 Å². The van der Waals surface area contributed by atoms with Crippen LogP contribution in [0, 0.1) is 5.92 Å². The van der Waals surface area contributed by atoms with Crippen molar-refractivity contribution in [3.05, 3.63) is 23.0 Å². The zero-order chi connectivity index (χ0) is 13.5. The SMILES string of the molecule is CCCNCC(=Cc1cn(C)nc1CC)C(C)C. The van der Waals surface area contributed by atoms with Crippen LogP contribution in [0.3, 0.4) is 0 Å². The van der Waals surface area contributed by atoms with Crippen molar-refractivity contribution in [1.29, 1.82) is 0 Å². The van der Waals surface area contributed by atoms with Gasteiger partial charge in [0.05, 0.1) is 5.69 Å². The Labute approximate surface area is 111 Å². The van der Waals surface area contributed by atoms with Gasteiger partial charge in [-0.05, 0) is 25.3 Å². The third-order valence-electron chi connectivity index (χ3n) is 3.11. The lowest BCUT2D eigenvalue weighted by Gasteiger charge is -2.12. The molecule has 0 saturated heterocycles. The molecule has 0 unspecified atom stereocenters. The Morgan fingerprint density at radius 3 is 2.72 bits per heavy atom. The molecule has 1 aromatic rings. The summed E-state index contributed by atoms with van der Waals surface area (Å²) < 4.78 is 1.90. The highest BCUT2D eigenvalue weighted by molar-refractivity contribution is 5.55. The Hall–Kier alpha value is -1.09. The molecular weight excluding hydrogens is 222 g/mol. The van der Waals surface area contributed by atoms with E-state index in [1.165, 1.54) is 23.3 Å². The van der Waals surface area contributed by atoms with E-state index in [1.54, 1.807) is 0 Å². The number of rotatable bonds is 7. The summed E-state index contributed by atoms with van der Waals surface area (Å²) in [5.41, 5.74) is 3.90. The maximum atomic E-state index is 4.49. The largest absolute Gasteiger partial charge is 0.313 e. The van der Waals surface area contributed by atoms with Crippen LogP contribution in [0.2, 0.25) is 0 Å². The first-order valence-corrected chi connectivity index (χ1v) is 7.02. The van der Waals surface area contributed by atoms with Crippen LogP contribution in [0.15, 0.2) is 11.8 Å². The third-order valence-corrected chi connectivity index (χ3v) is 3.11. The summed E-state index contributed by atoms with van der Waals surface area (Å²) in [4.78, 5) is 0. The zero-order valence-corrected chi connectivity index (χ0v) is 12.5.